The Bertz CT molecular complexity index is 1110. The molecule has 0 bridgehead atoms. The Morgan fingerprint density at radius 1 is 1.17 bits per heavy atom. The summed E-state index contributed by atoms with van der Waals surface area (Å²) in [5.74, 6) is 0.568. The van der Waals surface area contributed by atoms with Gasteiger partial charge in [0.05, 0.1) is 19.3 Å². The summed E-state index contributed by atoms with van der Waals surface area (Å²) in [5.41, 5.74) is 3.60. The van der Waals surface area contributed by atoms with Crippen LogP contribution in [0.4, 0.5) is 0 Å². The molecule has 146 valence electrons. The molecule has 0 saturated carbocycles. The van der Waals surface area contributed by atoms with Gasteiger partial charge in [-0.15, -0.1) is 5.10 Å². The van der Waals surface area contributed by atoms with Crippen LogP contribution in [-0.2, 0) is 6.54 Å². The molecule has 0 N–H and O–H groups in total. The third-order valence-corrected chi connectivity index (χ3v) is 4.42. The van der Waals surface area contributed by atoms with Gasteiger partial charge in [0, 0.05) is 18.7 Å². The highest BCUT2D eigenvalue weighted by Crippen LogP contribution is 2.27. The summed E-state index contributed by atoms with van der Waals surface area (Å²) in [6.45, 7) is 0.332. The van der Waals surface area contributed by atoms with E-state index in [-0.39, 0.29) is 5.91 Å². The predicted molar refractivity (Wildman–Crippen MR) is 103 cm³/mol. The molecule has 9 heteroatoms. The van der Waals surface area contributed by atoms with Gasteiger partial charge in [-0.1, -0.05) is 17.3 Å². The van der Waals surface area contributed by atoms with Gasteiger partial charge in [-0.05, 0) is 51.9 Å². The zero-order valence-corrected chi connectivity index (χ0v) is 15.9. The molecule has 29 heavy (non-hydrogen) atoms. The van der Waals surface area contributed by atoms with Crippen molar-refractivity contribution in [2.75, 3.05) is 14.2 Å². The molecule has 9 nitrogen and oxygen atoms in total. The van der Waals surface area contributed by atoms with Gasteiger partial charge < -0.3 is 14.2 Å². The zero-order valence-electron chi connectivity index (χ0n) is 15.9. The molecule has 0 spiro atoms. The van der Waals surface area contributed by atoms with E-state index in [9.17, 15) is 4.79 Å². The van der Waals surface area contributed by atoms with Crippen molar-refractivity contribution in [2.45, 2.75) is 6.54 Å². The molecule has 2 heterocycles. The number of hydrogen-bond acceptors (Lipinski definition) is 7. The van der Waals surface area contributed by atoms with Crippen LogP contribution < -0.4 is 4.74 Å². The van der Waals surface area contributed by atoms with Gasteiger partial charge >= 0.3 is 0 Å². The molecule has 0 aliphatic rings. The largest absolute Gasteiger partial charge is 0.497 e. The van der Waals surface area contributed by atoms with Crippen LogP contribution in [0, 0.1) is 0 Å². The van der Waals surface area contributed by atoms with Gasteiger partial charge in [-0.25, -0.2) is 4.68 Å². The lowest BCUT2D eigenvalue weighted by Crippen LogP contribution is -2.26. The number of aromatic nitrogens is 5. The molecule has 0 atom stereocenters. The Labute approximate surface area is 166 Å². The number of ether oxygens (including phenoxy) is 1. The highest BCUT2D eigenvalue weighted by atomic mass is 16.5. The van der Waals surface area contributed by atoms with E-state index in [1.807, 2.05) is 36.4 Å². The maximum Gasteiger partial charge on any atom is 0.254 e. The van der Waals surface area contributed by atoms with E-state index in [2.05, 4.69) is 20.7 Å². The van der Waals surface area contributed by atoms with Crippen molar-refractivity contribution in [3.05, 3.63) is 72.4 Å². The van der Waals surface area contributed by atoms with Gasteiger partial charge in [0.1, 0.15) is 24.0 Å². The van der Waals surface area contributed by atoms with Crippen LogP contribution in [0.2, 0.25) is 0 Å². The van der Waals surface area contributed by atoms with Crippen LogP contribution >= 0.6 is 0 Å². The highest BCUT2D eigenvalue weighted by molar-refractivity contribution is 5.96. The topological polar surface area (TPSA) is 99.2 Å². The van der Waals surface area contributed by atoms with E-state index < -0.39 is 0 Å². The molecule has 0 unspecified atom stereocenters. The second kappa shape index (κ2) is 7.93. The van der Waals surface area contributed by atoms with Crippen molar-refractivity contribution in [2.24, 2.45) is 0 Å². The molecule has 0 radical (unpaired) electrons. The number of rotatable bonds is 6. The average molecular weight is 390 g/mol. The van der Waals surface area contributed by atoms with Crippen LogP contribution in [0.15, 0.2) is 65.6 Å². The monoisotopic (exact) mass is 390 g/mol. The molecular formula is C20H18N6O3. The molecule has 4 aromatic rings. The Morgan fingerprint density at radius 3 is 2.79 bits per heavy atom. The summed E-state index contributed by atoms with van der Waals surface area (Å²) >= 11 is 0. The van der Waals surface area contributed by atoms with E-state index in [0.717, 1.165) is 16.9 Å². The molecule has 0 aliphatic heterocycles. The van der Waals surface area contributed by atoms with E-state index in [0.29, 0.717) is 23.5 Å². The fraction of sp³-hybridized carbons (Fsp3) is 0.150. The van der Waals surface area contributed by atoms with Crippen molar-refractivity contribution in [1.29, 1.82) is 0 Å². The number of tetrazole rings is 1. The van der Waals surface area contributed by atoms with Crippen LogP contribution in [0.3, 0.4) is 0 Å². The minimum absolute atomic E-state index is 0.160. The minimum atomic E-state index is -0.160. The van der Waals surface area contributed by atoms with Crippen molar-refractivity contribution in [3.8, 4) is 22.6 Å². The fourth-order valence-corrected chi connectivity index (χ4v) is 2.97. The summed E-state index contributed by atoms with van der Waals surface area (Å²) in [6.07, 6.45) is 2.96. The smallest absolute Gasteiger partial charge is 0.254 e. The van der Waals surface area contributed by atoms with Crippen LogP contribution in [0.1, 0.15) is 16.1 Å². The first-order valence-electron chi connectivity index (χ1n) is 8.81. The summed E-state index contributed by atoms with van der Waals surface area (Å²) in [6, 6.07) is 14.9. The third kappa shape index (κ3) is 3.98. The lowest BCUT2D eigenvalue weighted by atomic mass is 10.0. The standard InChI is InChI=1S/C20H18N6O3/c1-25(12-17-6-7-29-22-17)20(27)16-8-15(14-4-3-5-19(11-14)28-2)9-18(10-16)26-13-21-23-24-26/h3-11,13H,12H2,1-2H3. The van der Waals surface area contributed by atoms with Crippen LogP contribution in [0.5, 0.6) is 5.75 Å². The normalized spacial score (nSPS) is 10.7. The van der Waals surface area contributed by atoms with Crippen molar-refractivity contribution in [1.82, 2.24) is 30.3 Å². The molecule has 4 rings (SSSR count). The molecular weight excluding hydrogens is 372 g/mol. The maximum absolute atomic E-state index is 13.1. The number of amides is 1. The summed E-state index contributed by atoms with van der Waals surface area (Å²) in [7, 11) is 3.33. The van der Waals surface area contributed by atoms with E-state index in [1.54, 1.807) is 31.2 Å². The minimum Gasteiger partial charge on any atom is -0.497 e. The third-order valence-electron chi connectivity index (χ3n) is 4.42. The van der Waals surface area contributed by atoms with Gasteiger partial charge in [0.2, 0.25) is 0 Å². The molecule has 1 amide bonds. The number of methoxy groups -OCH3 is 1. The zero-order chi connectivity index (χ0) is 20.2. The number of nitrogens with zero attached hydrogens (tertiary/aromatic N) is 6. The molecule has 2 aromatic heterocycles. The lowest BCUT2D eigenvalue weighted by Gasteiger charge is -2.17. The first-order valence-corrected chi connectivity index (χ1v) is 8.81. The summed E-state index contributed by atoms with van der Waals surface area (Å²) < 4.78 is 11.7. The average Bonchev–Trinajstić information content (AvgIpc) is 3.47. The van der Waals surface area contributed by atoms with E-state index >= 15 is 0 Å². The molecule has 0 aliphatic carbocycles. The maximum atomic E-state index is 13.1. The van der Waals surface area contributed by atoms with Crippen molar-refractivity contribution < 1.29 is 14.1 Å². The number of carbonyl (C=O) groups is 1. The summed E-state index contributed by atoms with van der Waals surface area (Å²) in [5, 5.41) is 15.2. The first-order chi connectivity index (χ1) is 14.1. The van der Waals surface area contributed by atoms with E-state index in [1.165, 1.54) is 17.3 Å². The van der Waals surface area contributed by atoms with Gasteiger partial charge in [0.15, 0.2) is 0 Å². The molecule has 0 saturated heterocycles. The second-order valence-electron chi connectivity index (χ2n) is 6.41. The number of hydrogen-bond donors (Lipinski definition) is 0. The Kier molecular flexibility index (Phi) is 5.02. The van der Waals surface area contributed by atoms with Gasteiger partial charge in [0.25, 0.3) is 5.91 Å². The fourth-order valence-electron chi connectivity index (χ4n) is 2.97. The van der Waals surface area contributed by atoms with Gasteiger partial charge in [-0.2, -0.15) is 0 Å². The van der Waals surface area contributed by atoms with Gasteiger partial charge in [-0.3, -0.25) is 4.79 Å². The summed E-state index contributed by atoms with van der Waals surface area (Å²) in [4.78, 5) is 14.7. The van der Waals surface area contributed by atoms with Crippen molar-refractivity contribution >= 4 is 5.91 Å². The lowest BCUT2D eigenvalue weighted by molar-refractivity contribution is 0.0782. The quantitative estimate of drug-likeness (QED) is 0.499. The van der Waals surface area contributed by atoms with E-state index in [4.69, 9.17) is 9.26 Å². The van der Waals surface area contributed by atoms with Crippen LogP contribution in [0.25, 0.3) is 16.8 Å². The Balaban J connectivity index is 1.74. The molecule has 2 aromatic carbocycles. The van der Waals surface area contributed by atoms with Crippen LogP contribution in [-0.4, -0.2) is 50.3 Å². The first kappa shape index (κ1) is 18.4. The Hall–Kier alpha value is -4.01. The Morgan fingerprint density at radius 2 is 2.07 bits per heavy atom. The predicted octanol–water partition coefficient (Wildman–Crippen LogP) is 2.60. The SMILES string of the molecule is COc1cccc(-c2cc(C(=O)N(C)Cc3ccon3)cc(-n3cnnn3)c2)c1. The highest BCUT2D eigenvalue weighted by Gasteiger charge is 2.17. The number of benzene rings is 2. The molecule has 0 fully saturated rings. The number of carbonyl (C=O) groups excluding carboxylic acids is 1. The second-order valence-corrected chi connectivity index (χ2v) is 6.41. The van der Waals surface area contributed by atoms with Crippen molar-refractivity contribution in [3.63, 3.8) is 0 Å².